The molecule has 4 rings (SSSR count). The quantitative estimate of drug-likeness (QED) is 0.441. The van der Waals surface area contributed by atoms with Crippen molar-refractivity contribution in [3.05, 3.63) is 72.1 Å². The molecule has 1 amide bonds. The van der Waals surface area contributed by atoms with Gasteiger partial charge in [-0.3, -0.25) is 9.69 Å². The Balaban J connectivity index is 1.45. The van der Waals surface area contributed by atoms with E-state index >= 15 is 0 Å². The van der Waals surface area contributed by atoms with Crippen LogP contribution in [0.5, 0.6) is 0 Å². The lowest BCUT2D eigenvalue weighted by Gasteiger charge is -2.17. The number of rotatable bonds is 6. The molecule has 152 valence electrons. The van der Waals surface area contributed by atoms with E-state index in [1.165, 1.54) is 22.4 Å². The number of amides is 1. The topological polar surface area (TPSA) is 77.3 Å². The first kappa shape index (κ1) is 19.8. The fourth-order valence-electron chi connectivity index (χ4n) is 3.12. The van der Waals surface area contributed by atoms with E-state index in [1.807, 2.05) is 61.5 Å². The molecule has 4 aromatic rings. The highest BCUT2D eigenvalue weighted by Crippen LogP contribution is 2.28. The van der Waals surface area contributed by atoms with Crippen molar-refractivity contribution in [3.8, 4) is 5.69 Å². The minimum absolute atomic E-state index is 0.321. The standard InChI is InChI=1S/C22H20N4O3S/c1-3-25(22-24-18-11-7-8-12-19(18)30-22)20(27)14-29-21(28)17-13-23-26(15(17)2)16-9-5-4-6-10-16/h4-13H,3,14H2,1-2H3. The molecule has 0 bridgehead atoms. The van der Waals surface area contributed by atoms with Crippen LogP contribution >= 0.6 is 11.3 Å². The molecule has 0 N–H and O–H groups in total. The van der Waals surface area contributed by atoms with E-state index in [1.54, 1.807) is 11.6 Å². The Labute approximate surface area is 177 Å². The van der Waals surface area contributed by atoms with Crippen LogP contribution in [0.4, 0.5) is 5.13 Å². The fraction of sp³-hybridized carbons (Fsp3) is 0.182. The lowest BCUT2D eigenvalue weighted by molar-refractivity contribution is -0.121. The highest BCUT2D eigenvalue weighted by molar-refractivity contribution is 7.22. The molecule has 0 saturated carbocycles. The number of anilines is 1. The number of aromatic nitrogens is 3. The zero-order valence-corrected chi connectivity index (χ0v) is 17.4. The van der Waals surface area contributed by atoms with E-state index in [2.05, 4.69) is 10.1 Å². The summed E-state index contributed by atoms with van der Waals surface area (Å²) in [5, 5.41) is 4.86. The van der Waals surface area contributed by atoms with Crippen molar-refractivity contribution in [2.24, 2.45) is 0 Å². The first-order valence-corrected chi connectivity index (χ1v) is 10.3. The maximum Gasteiger partial charge on any atom is 0.342 e. The number of likely N-dealkylation sites (N-methyl/N-ethyl adjacent to an activating group) is 1. The van der Waals surface area contributed by atoms with E-state index in [4.69, 9.17) is 4.74 Å². The van der Waals surface area contributed by atoms with Crippen molar-refractivity contribution >= 4 is 38.6 Å². The Morgan fingerprint density at radius 3 is 2.57 bits per heavy atom. The summed E-state index contributed by atoms with van der Waals surface area (Å²) in [7, 11) is 0. The minimum Gasteiger partial charge on any atom is -0.452 e. The lowest BCUT2D eigenvalue weighted by atomic mass is 10.2. The average molecular weight is 420 g/mol. The molecule has 2 aromatic carbocycles. The smallest absolute Gasteiger partial charge is 0.342 e. The molecule has 0 saturated heterocycles. The van der Waals surface area contributed by atoms with Crippen LogP contribution in [0.2, 0.25) is 0 Å². The SMILES string of the molecule is CCN(C(=O)COC(=O)c1cnn(-c2ccccc2)c1C)c1nc2ccccc2s1. The molecule has 0 aliphatic heterocycles. The number of hydrogen-bond donors (Lipinski definition) is 0. The third kappa shape index (κ3) is 3.81. The Morgan fingerprint density at radius 2 is 1.83 bits per heavy atom. The van der Waals surface area contributed by atoms with Crippen LogP contribution < -0.4 is 4.90 Å². The van der Waals surface area contributed by atoms with Gasteiger partial charge in [0.05, 0.1) is 27.8 Å². The number of para-hydroxylation sites is 2. The van der Waals surface area contributed by atoms with Gasteiger partial charge >= 0.3 is 5.97 Å². The summed E-state index contributed by atoms with van der Waals surface area (Å²) < 4.78 is 7.96. The first-order valence-electron chi connectivity index (χ1n) is 9.51. The zero-order chi connectivity index (χ0) is 21.1. The normalized spacial score (nSPS) is 10.9. The second kappa shape index (κ2) is 8.46. The molecule has 0 atom stereocenters. The number of hydrogen-bond acceptors (Lipinski definition) is 6. The summed E-state index contributed by atoms with van der Waals surface area (Å²) in [6.45, 7) is 3.72. The summed E-state index contributed by atoms with van der Waals surface area (Å²) in [5.74, 6) is -0.901. The van der Waals surface area contributed by atoms with Crippen molar-refractivity contribution in [3.63, 3.8) is 0 Å². The highest BCUT2D eigenvalue weighted by Gasteiger charge is 2.22. The van der Waals surface area contributed by atoms with Gasteiger partial charge in [0.1, 0.15) is 5.56 Å². The van der Waals surface area contributed by atoms with Gasteiger partial charge in [-0.05, 0) is 38.1 Å². The van der Waals surface area contributed by atoms with Gasteiger partial charge in [-0.15, -0.1) is 0 Å². The number of ether oxygens (including phenoxy) is 1. The minimum atomic E-state index is -0.580. The number of benzene rings is 2. The molecule has 2 heterocycles. The zero-order valence-electron chi connectivity index (χ0n) is 16.6. The van der Waals surface area contributed by atoms with Gasteiger partial charge in [0.15, 0.2) is 11.7 Å². The molecule has 30 heavy (non-hydrogen) atoms. The van der Waals surface area contributed by atoms with Gasteiger partial charge in [-0.2, -0.15) is 5.10 Å². The molecule has 0 fully saturated rings. The van der Waals surface area contributed by atoms with Gasteiger partial charge in [0.2, 0.25) is 0 Å². The number of esters is 1. The van der Waals surface area contributed by atoms with Crippen LogP contribution in [0.1, 0.15) is 23.0 Å². The van der Waals surface area contributed by atoms with Crippen LogP contribution in [-0.4, -0.2) is 39.8 Å². The van der Waals surface area contributed by atoms with Crippen LogP contribution in [0.25, 0.3) is 15.9 Å². The fourth-order valence-corrected chi connectivity index (χ4v) is 4.16. The van der Waals surface area contributed by atoms with E-state index in [0.717, 1.165) is 15.9 Å². The third-order valence-electron chi connectivity index (χ3n) is 4.69. The molecule has 0 spiro atoms. The van der Waals surface area contributed by atoms with Crippen molar-refractivity contribution in [2.75, 3.05) is 18.1 Å². The highest BCUT2D eigenvalue weighted by atomic mass is 32.1. The summed E-state index contributed by atoms with van der Waals surface area (Å²) in [6, 6.07) is 17.2. The molecular formula is C22H20N4O3S. The molecular weight excluding hydrogens is 400 g/mol. The van der Waals surface area contributed by atoms with Gasteiger partial charge in [0.25, 0.3) is 5.91 Å². The number of carbonyl (C=O) groups excluding carboxylic acids is 2. The summed E-state index contributed by atoms with van der Waals surface area (Å²) in [4.78, 5) is 31.3. The Bertz CT molecular complexity index is 1170. The molecule has 0 aliphatic carbocycles. The van der Waals surface area contributed by atoms with Crippen molar-refractivity contribution in [2.45, 2.75) is 13.8 Å². The number of fused-ring (bicyclic) bond motifs is 1. The van der Waals surface area contributed by atoms with E-state index in [-0.39, 0.29) is 12.5 Å². The monoisotopic (exact) mass is 420 g/mol. The second-order valence-electron chi connectivity index (χ2n) is 6.57. The summed E-state index contributed by atoms with van der Waals surface area (Å²) in [5.41, 5.74) is 2.66. The van der Waals surface area contributed by atoms with Crippen molar-refractivity contribution < 1.29 is 14.3 Å². The number of nitrogens with zero attached hydrogens (tertiary/aromatic N) is 4. The molecule has 0 radical (unpaired) electrons. The predicted octanol–water partition coefficient (Wildman–Crippen LogP) is 4.00. The molecule has 7 nitrogen and oxygen atoms in total. The van der Waals surface area contributed by atoms with Crippen LogP contribution in [0, 0.1) is 6.92 Å². The van der Waals surface area contributed by atoms with Crippen LogP contribution in [0.3, 0.4) is 0 Å². The third-order valence-corrected chi connectivity index (χ3v) is 5.75. The van der Waals surface area contributed by atoms with Gasteiger partial charge in [-0.25, -0.2) is 14.5 Å². The van der Waals surface area contributed by atoms with Gasteiger partial charge < -0.3 is 4.74 Å². The van der Waals surface area contributed by atoms with Crippen molar-refractivity contribution in [1.29, 1.82) is 0 Å². The van der Waals surface area contributed by atoms with E-state index < -0.39 is 5.97 Å². The Kier molecular flexibility index (Phi) is 5.58. The van der Waals surface area contributed by atoms with E-state index in [9.17, 15) is 9.59 Å². The largest absolute Gasteiger partial charge is 0.452 e. The number of thiazole rings is 1. The van der Waals surface area contributed by atoms with E-state index in [0.29, 0.717) is 22.9 Å². The van der Waals surface area contributed by atoms with Gasteiger partial charge in [-0.1, -0.05) is 41.7 Å². The summed E-state index contributed by atoms with van der Waals surface area (Å²) in [6.07, 6.45) is 1.46. The average Bonchev–Trinajstić information content (AvgIpc) is 3.36. The Morgan fingerprint density at radius 1 is 1.10 bits per heavy atom. The first-order chi connectivity index (χ1) is 14.6. The van der Waals surface area contributed by atoms with Crippen molar-refractivity contribution in [1.82, 2.24) is 14.8 Å². The van der Waals surface area contributed by atoms with Crippen LogP contribution in [-0.2, 0) is 9.53 Å². The van der Waals surface area contributed by atoms with Crippen LogP contribution in [0.15, 0.2) is 60.8 Å². The Hall–Kier alpha value is -3.52. The number of carbonyl (C=O) groups is 2. The molecule has 0 unspecified atom stereocenters. The molecule has 2 aromatic heterocycles. The molecule has 8 heteroatoms. The molecule has 0 aliphatic rings. The second-order valence-corrected chi connectivity index (χ2v) is 7.58. The predicted molar refractivity (Wildman–Crippen MR) is 116 cm³/mol. The van der Waals surface area contributed by atoms with Gasteiger partial charge in [0, 0.05) is 6.54 Å². The lowest BCUT2D eigenvalue weighted by Crippen LogP contribution is -2.34. The maximum atomic E-state index is 12.7. The maximum absolute atomic E-state index is 12.7. The summed E-state index contributed by atoms with van der Waals surface area (Å²) >= 11 is 1.43.